The second-order valence-electron chi connectivity index (χ2n) is 11.3. The number of carbonyl (C=O) groups excluding carboxylic acids is 6. The van der Waals surface area contributed by atoms with Crippen molar-refractivity contribution < 1.29 is 38.2 Å². The fourth-order valence-electron chi connectivity index (χ4n) is 5.04. The molecule has 4 amide bonds. The molecule has 0 N–H and O–H groups in total. The highest BCUT2D eigenvalue weighted by Gasteiger charge is 2.27. The van der Waals surface area contributed by atoms with Gasteiger partial charge >= 0.3 is 11.9 Å². The van der Waals surface area contributed by atoms with Crippen LogP contribution in [0.15, 0.2) is 24.3 Å². The third-order valence-corrected chi connectivity index (χ3v) is 7.36. The Morgan fingerprint density at radius 3 is 1.00 bits per heavy atom. The lowest BCUT2D eigenvalue weighted by Crippen LogP contribution is -2.37. The maximum atomic E-state index is 12.0. The zero-order valence-corrected chi connectivity index (χ0v) is 25.4. The summed E-state index contributed by atoms with van der Waals surface area (Å²) in [4.78, 5) is 72.4. The number of imide groups is 2. The van der Waals surface area contributed by atoms with Crippen LogP contribution in [0, 0.1) is 0 Å². The molecule has 0 fully saturated rings. The van der Waals surface area contributed by atoms with Crippen LogP contribution in [0.5, 0.6) is 0 Å². The first-order valence-corrected chi connectivity index (χ1v) is 15.6. The first kappa shape index (κ1) is 34.9. The quantitative estimate of drug-likeness (QED) is 0.0933. The molecule has 0 saturated heterocycles. The van der Waals surface area contributed by atoms with Crippen LogP contribution in [-0.2, 0) is 38.2 Å². The van der Waals surface area contributed by atoms with E-state index in [1.165, 1.54) is 75.7 Å². The van der Waals surface area contributed by atoms with Gasteiger partial charge in [0.05, 0.1) is 13.1 Å². The number of carbonyl (C=O) groups is 6. The molecule has 234 valence electrons. The van der Waals surface area contributed by atoms with Crippen molar-refractivity contribution in [2.75, 3.05) is 13.1 Å². The van der Waals surface area contributed by atoms with Gasteiger partial charge in [0.2, 0.25) is 0 Å². The third-order valence-electron chi connectivity index (χ3n) is 7.36. The lowest BCUT2D eigenvalue weighted by molar-refractivity contribution is -0.152. The number of hydrogen-bond donors (Lipinski definition) is 0. The van der Waals surface area contributed by atoms with Crippen molar-refractivity contribution >= 4 is 35.6 Å². The molecule has 2 aliphatic heterocycles. The van der Waals surface area contributed by atoms with Crippen molar-refractivity contribution in [1.82, 2.24) is 9.80 Å². The molecule has 42 heavy (non-hydrogen) atoms. The standard InChI is InChI=1S/C32H48N2O8/c1-25(23-33-27(35)19-20-28(33)36)41-31(39)17-15-13-11-9-7-5-3-4-6-8-10-12-14-16-18-32(40)42-26(2)24-34-29(37)21-22-30(34)38/h19-22,25-26H,3-18,23-24H2,1-2H3. The summed E-state index contributed by atoms with van der Waals surface area (Å²) in [5.74, 6) is -2.04. The summed E-state index contributed by atoms with van der Waals surface area (Å²) in [5.41, 5.74) is 0. The van der Waals surface area contributed by atoms with Crippen LogP contribution in [0.4, 0.5) is 0 Å². The van der Waals surface area contributed by atoms with E-state index in [0.717, 1.165) is 48.3 Å². The van der Waals surface area contributed by atoms with Gasteiger partial charge in [0.15, 0.2) is 0 Å². The van der Waals surface area contributed by atoms with Crippen molar-refractivity contribution in [1.29, 1.82) is 0 Å². The van der Waals surface area contributed by atoms with Gasteiger partial charge in [-0.3, -0.25) is 38.6 Å². The second kappa shape index (κ2) is 19.8. The Balaban J connectivity index is 1.30. The van der Waals surface area contributed by atoms with Gasteiger partial charge in [-0.25, -0.2) is 0 Å². The number of nitrogens with zero attached hydrogens (tertiary/aromatic N) is 2. The molecule has 0 aromatic carbocycles. The monoisotopic (exact) mass is 588 g/mol. The van der Waals surface area contributed by atoms with E-state index in [2.05, 4.69) is 0 Å². The van der Waals surface area contributed by atoms with Gasteiger partial charge in [0, 0.05) is 37.1 Å². The van der Waals surface area contributed by atoms with Crippen molar-refractivity contribution in [3.8, 4) is 0 Å². The molecule has 0 spiro atoms. The minimum atomic E-state index is -0.510. The number of rotatable bonds is 23. The highest BCUT2D eigenvalue weighted by atomic mass is 16.5. The van der Waals surface area contributed by atoms with Gasteiger partial charge in [-0.2, -0.15) is 0 Å². The lowest BCUT2D eigenvalue weighted by Gasteiger charge is -2.19. The van der Waals surface area contributed by atoms with Crippen LogP contribution in [0.3, 0.4) is 0 Å². The molecular formula is C32H48N2O8. The van der Waals surface area contributed by atoms with E-state index in [1.54, 1.807) is 13.8 Å². The van der Waals surface area contributed by atoms with Gasteiger partial charge in [0.1, 0.15) is 12.2 Å². The Morgan fingerprint density at radius 1 is 0.500 bits per heavy atom. The summed E-state index contributed by atoms with van der Waals surface area (Å²) in [6.45, 7) is 3.55. The maximum absolute atomic E-state index is 12.0. The Morgan fingerprint density at radius 2 is 0.738 bits per heavy atom. The van der Waals surface area contributed by atoms with Gasteiger partial charge in [-0.15, -0.1) is 0 Å². The van der Waals surface area contributed by atoms with Crippen molar-refractivity contribution in [3.63, 3.8) is 0 Å². The van der Waals surface area contributed by atoms with Gasteiger partial charge in [-0.05, 0) is 26.7 Å². The molecule has 10 nitrogen and oxygen atoms in total. The molecule has 0 aliphatic carbocycles. The van der Waals surface area contributed by atoms with E-state index in [4.69, 9.17) is 9.47 Å². The van der Waals surface area contributed by atoms with E-state index in [0.29, 0.717) is 12.8 Å². The van der Waals surface area contributed by atoms with Crippen LogP contribution >= 0.6 is 0 Å². The third kappa shape index (κ3) is 14.0. The van der Waals surface area contributed by atoms with Gasteiger partial charge in [0.25, 0.3) is 23.6 Å². The minimum absolute atomic E-state index is 0.0873. The highest BCUT2D eigenvalue weighted by molar-refractivity contribution is 6.13. The molecule has 0 aromatic rings. The van der Waals surface area contributed by atoms with Gasteiger partial charge in [-0.1, -0.05) is 77.0 Å². The van der Waals surface area contributed by atoms with Crippen LogP contribution in [-0.4, -0.2) is 70.7 Å². The number of amides is 4. The zero-order chi connectivity index (χ0) is 30.7. The summed E-state index contributed by atoms with van der Waals surface area (Å²) < 4.78 is 10.6. The fraction of sp³-hybridized carbons (Fsp3) is 0.688. The highest BCUT2D eigenvalue weighted by Crippen LogP contribution is 2.15. The summed E-state index contributed by atoms with van der Waals surface area (Å²) in [6, 6.07) is 0. The smallest absolute Gasteiger partial charge is 0.306 e. The fourth-order valence-corrected chi connectivity index (χ4v) is 5.04. The Kier molecular flexibility index (Phi) is 16.4. The Hall–Kier alpha value is -3.30. The lowest BCUT2D eigenvalue weighted by atomic mass is 10.0. The van der Waals surface area contributed by atoms with E-state index in [9.17, 15) is 28.8 Å². The first-order chi connectivity index (χ1) is 20.2. The van der Waals surface area contributed by atoms with Crippen LogP contribution in [0.1, 0.15) is 117 Å². The van der Waals surface area contributed by atoms with E-state index in [-0.39, 0.29) is 48.7 Å². The van der Waals surface area contributed by atoms with Crippen molar-refractivity contribution in [2.45, 2.75) is 129 Å². The summed E-state index contributed by atoms with van der Waals surface area (Å²) >= 11 is 0. The predicted octanol–water partition coefficient (Wildman–Crippen LogP) is 4.94. The van der Waals surface area contributed by atoms with Crippen LogP contribution in [0.2, 0.25) is 0 Å². The number of unbranched alkanes of at least 4 members (excludes halogenated alkanes) is 13. The summed E-state index contributed by atoms with van der Waals surface area (Å²) in [5, 5.41) is 0. The molecule has 2 aliphatic rings. The summed E-state index contributed by atoms with van der Waals surface area (Å²) in [6.07, 6.45) is 20.1. The first-order valence-electron chi connectivity index (χ1n) is 15.6. The van der Waals surface area contributed by atoms with Crippen molar-refractivity contribution in [3.05, 3.63) is 24.3 Å². The average Bonchev–Trinajstić information content (AvgIpc) is 3.42. The molecule has 2 heterocycles. The molecule has 0 bridgehead atoms. The molecule has 10 heteroatoms. The minimum Gasteiger partial charge on any atom is -0.461 e. The van der Waals surface area contributed by atoms with E-state index in [1.807, 2.05) is 0 Å². The average molecular weight is 589 g/mol. The Labute approximate surface area is 249 Å². The normalized spacial score (nSPS) is 16.0. The van der Waals surface area contributed by atoms with Gasteiger partial charge < -0.3 is 9.47 Å². The van der Waals surface area contributed by atoms with Crippen LogP contribution in [0.25, 0.3) is 0 Å². The van der Waals surface area contributed by atoms with E-state index >= 15 is 0 Å². The predicted molar refractivity (Wildman–Crippen MR) is 157 cm³/mol. The number of ether oxygens (including phenoxy) is 2. The van der Waals surface area contributed by atoms with E-state index < -0.39 is 12.2 Å². The summed E-state index contributed by atoms with van der Waals surface area (Å²) in [7, 11) is 0. The van der Waals surface area contributed by atoms with Crippen LogP contribution < -0.4 is 0 Å². The molecule has 2 unspecified atom stereocenters. The topological polar surface area (TPSA) is 127 Å². The largest absolute Gasteiger partial charge is 0.461 e. The zero-order valence-electron chi connectivity index (χ0n) is 25.4. The van der Waals surface area contributed by atoms with Crippen molar-refractivity contribution in [2.24, 2.45) is 0 Å². The second-order valence-corrected chi connectivity index (χ2v) is 11.3. The molecule has 2 atom stereocenters. The number of hydrogen-bond acceptors (Lipinski definition) is 8. The molecule has 0 radical (unpaired) electrons. The maximum Gasteiger partial charge on any atom is 0.306 e. The molecule has 2 rings (SSSR count). The molecular weight excluding hydrogens is 540 g/mol. The molecule has 0 aromatic heterocycles. The SMILES string of the molecule is CC(CN1C(=O)C=CC1=O)OC(=O)CCCCCCCCCCCCCCCCC(=O)OC(C)CN1C(=O)C=CC1=O. The Bertz CT molecular complexity index is 875. The number of esters is 2. The molecule has 0 saturated carbocycles.